The zero-order valence-electron chi connectivity index (χ0n) is 10.4. The minimum atomic E-state index is -0.423. The third kappa shape index (κ3) is 2.77. The summed E-state index contributed by atoms with van der Waals surface area (Å²) in [5.41, 5.74) is 3.13. The summed E-state index contributed by atoms with van der Waals surface area (Å²) in [6.45, 7) is 3.85. The van der Waals surface area contributed by atoms with Gasteiger partial charge in [-0.25, -0.2) is 4.39 Å². The van der Waals surface area contributed by atoms with E-state index in [1.165, 1.54) is 6.07 Å². The lowest BCUT2D eigenvalue weighted by atomic mass is 10.1. The van der Waals surface area contributed by atoms with Gasteiger partial charge in [-0.15, -0.1) is 0 Å². The molecule has 18 heavy (non-hydrogen) atoms. The van der Waals surface area contributed by atoms with E-state index in [0.29, 0.717) is 0 Å². The molecule has 1 amide bonds. The average Bonchev–Trinajstić information content (AvgIpc) is 2.61. The molecule has 0 aliphatic rings. The number of amides is 1. The van der Waals surface area contributed by atoms with Gasteiger partial charge in [0.05, 0.1) is 12.1 Å². The summed E-state index contributed by atoms with van der Waals surface area (Å²) in [4.78, 5) is 14.9. The first-order chi connectivity index (χ1) is 8.56. The van der Waals surface area contributed by atoms with Crippen molar-refractivity contribution in [3.05, 3.63) is 53.1 Å². The van der Waals surface area contributed by atoms with Crippen molar-refractivity contribution in [3.63, 3.8) is 0 Å². The molecule has 0 saturated heterocycles. The van der Waals surface area contributed by atoms with E-state index in [2.05, 4.69) is 10.3 Å². The highest BCUT2D eigenvalue weighted by atomic mass is 19.1. The lowest BCUT2D eigenvalue weighted by Gasteiger charge is -2.05. The number of aromatic nitrogens is 1. The fourth-order valence-electron chi connectivity index (χ4n) is 1.90. The van der Waals surface area contributed by atoms with Crippen LogP contribution in [-0.4, -0.2) is 10.9 Å². The summed E-state index contributed by atoms with van der Waals surface area (Å²) < 4.78 is 13.4. The number of nitrogens with one attached hydrogen (secondary N) is 2. The van der Waals surface area contributed by atoms with E-state index in [0.717, 1.165) is 17.0 Å². The molecule has 0 aliphatic carbocycles. The number of aromatic amines is 1. The van der Waals surface area contributed by atoms with Crippen molar-refractivity contribution in [2.24, 2.45) is 0 Å². The molecule has 0 spiro atoms. The Morgan fingerprint density at radius 1 is 1.33 bits per heavy atom. The molecule has 0 unspecified atom stereocenters. The number of carbonyl (C=O) groups excluding carboxylic acids is 1. The van der Waals surface area contributed by atoms with Crippen LogP contribution in [0.15, 0.2) is 30.3 Å². The summed E-state index contributed by atoms with van der Waals surface area (Å²) in [5.74, 6) is -0.643. The summed E-state index contributed by atoms with van der Waals surface area (Å²) in [6.07, 6.45) is 0.241. The normalized spacial score (nSPS) is 10.4. The van der Waals surface area contributed by atoms with Crippen molar-refractivity contribution in [2.75, 3.05) is 5.32 Å². The zero-order chi connectivity index (χ0) is 13.1. The minimum Gasteiger partial charge on any atom is -0.362 e. The van der Waals surface area contributed by atoms with E-state index in [-0.39, 0.29) is 18.0 Å². The fourth-order valence-corrected chi connectivity index (χ4v) is 1.90. The van der Waals surface area contributed by atoms with Crippen molar-refractivity contribution in [1.82, 2.24) is 4.98 Å². The van der Waals surface area contributed by atoms with Crippen LogP contribution in [0.3, 0.4) is 0 Å². The Hall–Kier alpha value is -2.10. The van der Waals surface area contributed by atoms with Crippen molar-refractivity contribution in [2.45, 2.75) is 20.3 Å². The van der Waals surface area contributed by atoms with Gasteiger partial charge < -0.3 is 10.3 Å². The van der Waals surface area contributed by atoms with Gasteiger partial charge in [-0.3, -0.25) is 4.79 Å². The molecule has 1 heterocycles. The first-order valence-electron chi connectivity index (χ1n) is 5.75. The molecule has 0 aliphatic heterocycles. The van der Waals surface area contributed by atoms with Gasteiger partial charge in [-0.1, -0.05) is 12.1 Å². The number of H-pyrrole nitrogens is 1. The highest BCUT2D eigenvalue weighted by Crippen LogP contribution is 2.14. The Morgan fingerprint density at radius 2 is 2.06 bits per heavy atom. The number of carbonyl (C=O) groups is 1. The minimum absolute atomic E-state index is 0.215. The third-order valence-electron chi connectivity index (χ3n) is 2.76. The van der Waals surface area contributed by atoms with E-state index >= 15 is 0 Å². The van der Waals surface area contributed by atoms with Gasteiger partial charge in [0.25, 0.3) is 0 Å². The first-order valence-corrected chi connectivity index (χ1v) is 5.75. The molecule has 0 atom stereocenters. The topological polar surface area (TPSA) is 44.9 Å². The number of hydrogen-bond acceptors (Lipinski definition) is 1. The van der Waals surface area contributed by atoms with Crippen molar-refractivity contribution in [1.29, 1.82) is 0 Å². The molecule has 0 fully saturated rings. The molecule has 0 saturated carbocycles. The molecule has 2 rings (SSSR count). The second-order valence-electron chi connectivity index (χ2n) is 4.31. The van der Waals surface area contributed by atoms with E-state index in [1.807, 2.05) is 19.9 Å². The predicted molar refractivity (Wildman–Crippen MR) is 69.0 cm³/mol. The Labute approximate surface area is 105 Å². The lowest BCUT2D eigenvalue weighted by molar-refractivity contribution is -0.115. The SMILES string of the molecule is Cc1cc(CC(=O)Nc2ccccc2F)c(C)[nH]1. The molecule has 2 N–H and O–H groups in total. The molecular formula is C14H15FN2O. The second-order valence-corrected chi connectivity index (χ2v) is 4.31. The molecule has 1 aromatic heterocycles. The van der Waals surface area contributed by atoms with Crippen molar-refractivity contribution < 1.29 is 9.18 Å². The monoisotopic (exact) mass is 246 g/mol. The standard InChI is InChI=1S/C14H15FN2O/c1-9-7-11(10(2)16-9)8-14(18)17-13-6-4-3-5-12(13)15/h3-7,16H,8H2,1-2H3,(H,17,18). The molecule has 0 bridgehead atoms. The van der Waals surface area contributed by atoms with Gasteiger partial charge in [0.1, 0.15) is 5.82 Å². The van der Waals surface area contributed by atoms with E-state index in [9.17, 15) is 9.18 Å². The quantitative estimate of drug-likeness (QED) is 0.859. The Balaban J connectivity index is 2.06. The van der Waals surface area contributed by atoms with Crippen LogP contribution < -0.4 is 5.32 Å². The zero-order valence-corrected chi connectivity index (χ0v) is 10.4. The van der Waals surface area contributed by atoms with Crippen LogP contribution in [0.1, 0.15) is 17.0 Å². The summed E-state index contributed by atoms with van der Waals surface area (Å²) in [5, 5.41) is 2.57. The molecule has 1 aromatic carbocycles. The van der Waals surface area contributed by atoms with Crippen LogP contribution in [0.25, 0.3) is 0 Å². The van der Waals surface area contributed by atoms with Crippen LogP contribution in [-0.2, 0) is 11.2 Å². The van der Waals surface area contributed by atoms with E-state index < -0.39 is 5.82 Å². The maximum absolute atomic E-state index is 13.4. The van der Waals surface area contributed by atoms with Crippen LogP contribution >= 0.6 is 0 Å². The van der Waals surface area contributed by atoms with Crippen molar-refractivity contribution in [3.8, 4) is 0 Å². The van der Waals surface area contributed by atoms with Gasteiger partial charge >= 0.3 is 0 Å². The Bertz CT molecular complexity index is 575. The van der Waals surface area contributed by atoms with Gasteiger partial charge in [-0.2, -0.15) is 0 Å². The number of para-hydroxylation sites is 1. The Kier molecular flexibility index (Phi) is 3.46. The number of anilines is 1. The fraction of sp³-hybridized carbons (Fsp3) is 0.214. The lowest BCUT2D eigenvalue weighted by Crippen LogP contribution is -2.15. The van der Waals surface area contributed by atoms with Gasteiger partial charge in [0.15, 0.2) is 0 Å². The first kappa shape index (κ1) is 12.4. The van der Waals surface area contributed by atoms with Crippen LogP contribution in [0, 0.1) is 19.7 Å². The maximum Gasteiger partial charge on any atom is 0.228 e. The largest absolute Gasteiger partial charge is 0.362 e. The van der Waals surface area contributed by atoms with E-state index in [1.54, 1.807) is 18.2 Å². The van der Waals surface area contributed by atoms with E-state index in [4.69, 9.17) is 0 Å². The second kappa shape index (κ2) is 5.04. The van der Waals surface area contributed by atoms with Crippen LogP contribution in [0.4, 0.5) is 10.1 Å². The molecule has 0 radical (unpaired) electrons. The number of hydrogen-bond donors (Lipinski definition) is 2. The number of benzene rings is 1. The number of halogens is 1. The predicted octanol–water partition coefficient (Wildman–Crippen LogP) is 2.95. The van der Waals surface area contributed by atoms with Crippen LogP contribution in [0.2, 0.25) is 0 Å². The molecule has 2 aromatic rings. The van der Waals surface area contributed by atoms with Crippen molar-refractivity contribution >= 4 is 11.6 Å². The summed E-state index contributed by atoms with van der Waals surface area (Å²) >= 11 is 0. The smallest absolute Gasteiger partial charge is 0.228 e. The van der Waals surface area contributed by atoms with Crippen LogP contribution in [0.5, 0.6) is 0 Å². The molecular weight excluding hydrogens is 231 g/mol. The molecule has 4 heteroatoms. The Morgan fingerprint density at radius 3 is 2.67 bits per heavy atom. The van der Waals surface area contributed by atoms with Gasteiger partial charge in [0.2, 0.25) is 5.91 Å². The summed E-state index contributed by atoms with van der Waals surface area (Å²) in [7, 11) is 0. The average molecular weight is 246 g/mol. The third-order valence-corrected chi connectivity index (χ3v) is 2.76. The maximum atomic E-state index is 13.4. The van der Waals surface area contributed by atoms with Gasteiger partial charge in [-0.05, 0) is 37.6 Å². The number of rotatable bonds is 3. The number of aryl methyl sites for hydroxylation is 2. The summed E-state index contributed by atoms with van der Waals surface area (Å²) in [6, 6.07) is 8.06. The highest BCUT2D eigenvalue weighted by molar-refractivity contribution is 5.92. The van der Waals surface area contributed by atoms with Gasteiger partial charge in [0, 0.05) is 11.4 Å². The molecule has 94 valence electrons. The molecule has 3 nitrogen and oxygen atoms in total. The highest BCUT2D eigenvalue weighted by Gasteiger charge is 2.10.